The monoisotopic (exact) mass is 672 g/mol. The number of benzene rings is 3. The van der Waals surface area contributed by atoms with Crippen LogP contribution in [0.4, 0.5) is 18.9 Å². The van der Waals surface area contributed by atoms with Gasteiger partial charge < -0.3 is 21.1 Å². The number of nitrogens with one attached hydrogen (secondary N) is 2. The Bertz CT molecular complexity index is 1630. The van der Waals surface area contributed by atoms with Crippen LogP contribution in [0.15, 0.2) is 71.6 Å². The van der Waals surface area contributed by atoms with E-state index in [-0.39, 0.29) is 47.1 Å². The third-order valence-electron chi connectivity index (χ3n) is 9.29. The molecule has 2 saturated heterocycles. The smallest absolute Gasteiger partial charge is 0.243 e. The van der Waals surface area contributed by atoms with Crippen LogP contribution in [-0.2, 0) is 26.0 Å². The molecule has 2 heterocycles. The van der Waals surface area contributed by atoms with E-state index in [9.17, 15) is 22.0 Å². The third kappa shape index (κ3) is 8.06. The number of anilines is 1. The minimum Gasteiger partial charge on any atom is -0.376 e. The number of hydrogen-bond donors (Lipinski definition) is 3. The largest absolute Gasteiger partial charge is 0.376 e. The van der Waals surface area contributed by atoms with Crippen LogP contribution >= 0.6 is 0 Å². The summed E-state index contributed by atoms with van der Waals surface area (Å²) in [6.45, 7) is 6.50. The SMILES string of the molecule is CC1CC(C(c2ccc(F)cc2)C(N)C(=O)Nc2cccc(F)c2CCC2CNCC(C)N2S(=O)(=O)c2ccc(F)cc2)CC(C)O1. The number of piperazine rings is 1. The number of nitrogens with zero attached hydrogens (tertiary/aromatic N) is 1. The molecule has 1 amide bonds. The Hall–Kier alpha value is -3.29. The molecule has 12 heteroatoms. The van der Waals surface area contributed by atoms with E-state index in [1.807, 2.05) is 13.8 Å². The minimum atomic E-state index is -3.98. The van der Waals surface area contributed by atoms with Crippen molar-refractivity contribution in [2.75, 3.05) is 18.4 Å². The average molecular weight is 673 g/mol. The van der Waals surface area contributed by atoms with Gasteiger partial charge in [-0.3, -0.25) is 4.79 Å². The molecule has 2 aliphatic rings. The summed E-state index contributed by atoms with van der Waals surface area (Å²) in [7, 11) is -3.98. The highest BCUT2D eigenvalue weighted by Gasteiger charge is 2.39. The van der Waals surface area contributed by atoms with Gasteiger partial charge >= 0.3 is 0 Å². The van der Waals surface area contributed by atoms with E-state index in [0.717, 1.165) is 17.7 Å². The molecule has 0 spiro atoms. The molecule has 8 nitrogen and oxygen atoms in total. The molecule has 47 heavy (non-hydrogen) atoms. The van der Waals surface area contributed by atoms with Crippen molar-refractivity contribution in [2.24, 2.45) is 11.7 Å². The van der Waals surface area contributed by atoms with E-state index >= 15 is 4.39 Å². The van der Waals surface area contributed by atoms with Gasteiger partial charge in [0.15, 0.2) is 0 Å². The summed E-state index contributed by atoms with van der Waals surface area (Å²) in [5.74, 6) is -2.43. The van der Waals surface area contributed by atoms with Gasteiger partial charge in [-0.05, 0) is 106 Å². The molecule has 3 aromatic carbocycles. The summed E-state index contributed by atoms with van der Waals surface area (Å²) in [5, 5.41) is 6.10. The molecule has 2 fully saturated rings. The van der Waals surface area contributed by atoms with E-state index in [1.165, 1.54) is 40.7 Å². The number of amides is 1. The molecule has 0 radical (unpaired) electrons. The highest BCUT2D eigenvalue weighted by molar-refractivity contribution is 7.89. The van der Waals surface area contributed by atoms with Gasteiger partial charge in [0.05, 0.1) is 23.1 Å². The summed E-state index contributed by atoms with van der Waals surface area (Å²) >= 11 is 0. The molecule has 0 aromatic heterocycles. The predicted molar refractivity (Wildman–Crippen MR) is 175 cm³/mol. The lowest BCUT2D eigenvalue weighted by Gasteiger charge is -2.40. The first-order valence-corrected chi connectivity index (χ1v) is 17.5. The van der Waals surface area contributed by atoms with Gasteiger partial charge in [0.25, 0.3) is 0 Å². The van der Waals surface area contributed by atoms with Crippen LogP contribution in [0.3, 0.4) is 0 Å². The predicted octanol–water partition coefficient (Wildman–Crippen LogP) is 5.34. The maximum absolute atomic E-state index is 15.4. The summed E-state index contributed by atoms with van der Waals surface area (Å²) in [5.41, 5.74) is 7.90. The van der Waals surface area contributed by atoms with Crippen LogP contribution in [0.5, 0.6) is 0 Å². The zero-order valence-electron chi connectivity index (χ0n) is 26.8. The van der Waals surface area contributed by atoms with Crippen LogP contribution in [0.2, 0.25) is 0 Å². The molecule has 4 N–H and O–H groups in total. The maximum Gasteiger partial charge on any atom is 0.243 e. The Morgan fingerprint density at radius 3 is 2.21 bits per heavy atom. The first-order chi connectivity index (χ1) is 22.3. The first-order valence-electron chi connectivity index (χ1n) is 16.1. The van der Waals surface area contributed by atoms with Crippen molar-refractivity contribution in [3.63, 3.8) is 0 Å². The topological polar surface area (TPSA) is 114 Å². The number of ether oxygens (including phenoxy) is 1. The number of hydrogen-bond acceptors (Lipinski definition) is 6. The zero-order chi connectivity index (χ0) is 33.9. The second-order valence-electron chi connectivity index (χ2n) is 12.8. The number of halogens is 3. The fraction of sp³-hybridized carbons (Fsp3) is 0.457. The average Bonchev–Trinajstić information content (AvgIpc) is 3.01. The molecule has 6 unspecified atom stereocenters. The minimum absolute atomic E-state index is 0.0122. The van der Waals surface area contributed by atoms with Crippen molar-refractivity contribution in [1.29, 1.82) is 0 Å². The Morgan fingerprint density at radius 2 is 1.57 bits per heavy atom. The van der Waals surface area contributed by atoms with Gasteiger partial charge in [-0.25, -0.2) is 21.6 Å². The normalized spacial score (nSPS) is 25.2. The lowest BCUT2D eigenvalue weighted by Crippen LogP contribution is -2.58. The van der Waals surface area contributed by atoms with Gasteiger partial charge in [0, 0.05) is 42.3 Å². The first kappa shape index (κ1) is 35.0. The van der Waals surface area contributed by atoms with Gasteiger partial charge in [-0.2, -0.15) is 4.31 Å². The van der Waals surface area contributed by atoms with Crippen molar-refractivity contribution in [3.05, 3.63) is 95.3 Å². The summed E-state index contributed by atoms with van der Waals surface area (Å²) in [6, 6.07) is 13.1. The lowest BCUT2D eigenvalue weighted by atomic mass is 9.74. The highest BCUT2D eigenvalue weighted by Crippen LogP contribution is 2.39. The van der Waals surface area contributed by atoms with Crippen molar-refractivity contribution in [1.82, 2.24) is 9.62 Å². The number of nitrogens with two attached hydrogens (primary N) is 1. The molecule has 2 aliphatic heterocycles. The van der Waals surface area contributed by atoms with Crippen LogP contribution in [-0.4, -0.2) is 62.1 Å². The van der Waals surface area contributed by atoms with Gasteiger partial charge in [0.2, 0.25) is 15.9 Å². The summed E-state index contributed by atoms with van der Waals surface area (Å²) < 4.78 is 77.4. The number of sulfonamides is 1. The van der Waals surface area contributed by atoms with Crippen LogP contribution in [0.1, 0.15) is 57.1 Å². The zero-order valence-corrected chi connectivity index (χ0v) is 27.7. The third-order valence-corrected chi connectivity index (χ3v) is 11.4. The number of carbonyl (C=O) groups is 1. The molecule has 0 aliphatic carbocycles. The summed E-state index contributed by atoms with van der Waals surface area (Å²) in [4.78, 5) is 13.8. The quantitative estimate of drug-likeness (QED) is 0.268. The Labute approximate surface area is 274 Å². The van der Waals surface area contributed by atoms with E-state index in [2.05, 4.69) is 10.6 Å². The molecule has 0 saturated carbocycles. The van der Waals surface area contributed by atoms with Gasteiger partial charge in [0.1, 0.15) is 17.5 Å². The molecule has 6 atom stereocenters. The van der Waals surface area contributed by atoms with E-state index in [0.29, 0.717) is 25.9 Å². The Kier molecular flexibility index (Phi) is 11.1. The second kappa shape index (κ2) is 14.9. The van der Waals surface area contributed by atoms with Gasteiger partial charge in [-0.1, -0.05) is 18.2 Å². The van der Waals surface area contributed by atoms with Crippen molar-refractivity contribution < 1.29 is 31.1 Å². The van der Waals surface area contributed by atoms with Crippen molar-refractivity contribution in [3.8, 4) is 0 Å². The lowest BCUT2D eigenvalue weighted by molar-refractivity contribution is -0.119. The van der Waals surface area contributed by atoms with E-state index in [4.69, 9.17) is 10.5 Å². The molecule has 5 rings (SSSR count). The maximum atomic E-state index is 15.4. The second-order valence-corrected chi connectivity index (χ2v) is 14.7. The molecule has 0 bridgehead atoms. The fourth-order valence-corrected chi connectivity index (χ4v) is 9.06. The molecule has 254 valence electrons. The fourth-order valence-electron chi connectivity index (χ4n) is 7.22. The van der Waals surface area contributed by atoms with E-state index in [1.54, 1.807) is 25.1 Å². The van der Waals surface area contributed by atoms with Crippen LogP contribution in [0, 0.1) is 23.4 Å². The summed E-state index contributed by atoms with van der Waals surface area (Å²) in [6.07, 6.45) is 1.64. The molecular formula is C35H43F3N4O4S. The van der Waals surface area contributed by atoms with Crippen LogP contribution in [0.25, 0.3) is 0 Å². The van der Waals surface area contributed by atoms with Crippen LogP contribution < -0.4 is 16.4 Å². The molecular weight excluding hydrogens is 629 g/mol. The van der Waals surface area contributed by atoms with Crippen molar-refractivity contribution in [2.45, 2.75) is 87.6 Å². The Balaban J connectivity index is 1.36. The number of rotatable bonds is 10. The standard InChI is InChI=1S/C35H43F3N4O4S/c1-21-19-40-20-28(42(21)47(44,45)29-14-11-27(37)12-15-29)13-16-30-31(38)5-4-6-32(30)41-35(43)34(39)33(24-7-9-26(36)10-8-24)25-17-22(2)46-23(3)18-25/h4-12,14-15,21-23,25,28,33-34,40H,13,16-20,39H2,1-3H3,(H,41,43). The Morgan fingerprint density at radius 1 is 0.957 bits per heavy atom. The van der Waals surface area contributed by atoms with E-state index < -0.39 is 57.4 Å². The van der Waals surface area contributed by atoms with Gasteiger partial charge in [-0.15, -0.1) is 0 Å². The number of carbonyl (C=O) groups excluding carboxylic acids is 1. The van der Waals surface area contributed by atoms with Crippen molar-refractivity contribution >= 4 is 21.6 Å². The highest BCUT2D eigenvalue weighted by atomic mass is 32.2. The molecule has 3 aromatic rings.